The van der Waals surface area contributed by atoms with Crippen LogP contribution in [0.2, 0.25) is 0 Å². The van der Waals surface area contributed by atoms with Gasteiger partial charge in [0.25, 0.3) is 0 Å². The molecule has 2 atom stereocenters. The zero-order valence-electron chi connectivity index (χ0n) is 12.3. The van der Waals surface area contributed by atoms with Crippen molar-refractivity contribution in [3.8, 4) is 5.75 Å². The number of phenols is 1. The summed E-state index contributed by atoms with van der Waals surface area (Å²) >= 11 is 0. The van der Waals surface area contributed by atoms with E-state index in [1.807, 2.05) is 4.72 Å². The molecular weight excluding hydrogens is 324 g/mol. The normalized spacial score (nSPS) is 24.7. The molecule has 8 nitrogen and oxygen atoms in total. The van der Waals surface area contributed by atoms with Crippen LogP contribution in [0.25, 0.3) is 0 Å². The average Bonchev–Trinajstić information content (AvgIpc) is 3.20. The number of carbonyl (C=O) groups is 1. The number of rotatable bonds is 4. The van der Waals surface area contributed by atoms with Crippen molar-refractivity contribution in [2.45, 2.75) is 19.3 Å². The van der Waals surface area contributed by atoms with Gasteiger partial charge in [0, 0.05) is 0 Å². The highest BCUT2D eigenvalue weighted by Gasteiger charge is 2.45. The molecule has 1 aromatic carbocycles. The molecule has 1 saturated carbocycles. The molecule has 1 heterocycles. The number of phenolic OH excluding ortho intramolecular Hbond substituents is 1. The van der Waals surface area contributed by atoms with Crippen LogP contribution in [0.1, 0.15) is 24.8 Å². The van der Waals surface area contributed by atoms with E-state index < -0.39 is 16.1 Å². The summed E-state index contributed by atoms with van der Waals surface area (Å²) in [5, 5.41) is 19.4. The summed E-state index contributed by atoms with van der Waals surface area (Å²) in [6.45, 7) is 2.06. The minimum absolute atomic E-state index is 0.0126. The van der Waals surface area contributed by atoms with E-state index in [0.717, 1.165) is 16.1 Å². The van der Waals surface area contributed by atoms with E-state index in [-0.39, 0.29) is 29.2 Å². The van der Waals surface area contributed by atoms with Crippen LogP contribution in [0.15, 0.2) is 30.3 Å². The maximum Gasteiger partial charge on any atom is 0.330 e. The van der Waals surface area contributed by atoms with Crippen molar-refractivity contribution in [2.75, 3.05) is 10.9 Å². The minimum atomic E-state index is -3.95. The van der Waals surface area contributed by atoms with Crippen molar-refractivity contribution in [1.29, 1.82) is 0 Å². The second-order valence-corrected chi connectivity index (χ2v) is 6.91. The van der Waals surface area contributed by atoms with E-state index in [0.29, 0.717) is 13.0 Å². The summed E-state index contributed by atoms with van der Waals surface area (Å²) in [6, 6.07) is 4.51. The molecule has 0 radical (unpaired) electrons. The van der Waals surface area contributed by atoms with Gasteiger partial charge in [0.05, 0.1) is 18.7 Å². The third-order valence-electron chi connectivity index (χ3n) is 3.78. The van der Waals surface area contributed by atoms with Gasteiger partial charge in [-0.1, -0.05) is 6.07 Å². The Bertz CT molecular complexity index is 788. The number of hydrogen-bond donors (Lipinski definition) is 3. The van der Waals surface area contributed by atoms with Crippen molar-refractivity contribution >= 4 is 21.9 Å². The summed E-state index contributed by atoms with van der Waals surface area (Å²) in [4.78, 5) is 11.7. The third kappa shape index (κ3) is 2.79. The van der Waals surface area contributed by atoms with Crippen LogP contribution in [0.4, 0.5) is 5.69 Å². The van der Waals surface area contributed by atoms with Crippen LogP contribution in [0, 0.1) is 5.92 Å². The highest BCUT2D eigenvalue weighted by molar-refractivity contribution is 7.91. The fraction of sp³-hybridized carbons (Fsp3) is 0.357. The molecule has 3 N–H and O–H groups in total. The lowest BCUT2D eigenvalue weighted by Crippen LogP contribution is -2.29. The number of nitrogens with zero attached hydrogens (tertiary/aromatic N) is 1. The average molecular weight is 340 g/mol. The van der Waals surface area contributed by atoms with Gasteiger partial charge in [0.1, 0.15) is 11.4 Å². The van der Waals surface area contributed by atoms with Crippen molar-refractivity contribution in [1.82, 2.24) is 4.72 Å². The number of hydrogen-bond acceptors (Lipinski definition) is 6. The van der Waals surface area contributed by atoms with Gasteiger partial charge < -0.3 is 14.9 Å². The lowest BCUT2D eigenvalue weighted by Gasteiger charge is -2.16. The molecule has 0 aromatic heterocycles. The van der Waals surface area contributed by atoms with Crippen molar-refractivity contribution < 1.29 is 28.2 Å². The zero-order valence-corrected chi connectivity index (χ0v) is 13.1. The molecular formula is C14H16N2O6S. The monoisotopic (exact) mass is 340 g/mol. The Kier molecular flexibility index (Phi) is 3.59. The van der Waals surface area contributed by atoms with Gasteiger partial charge in [0.15, 0.2) is 0 Å². The lowest BCUT2D eigenvalue weighted by molar-refractivity contribution is -0.144. The number of aliphatic hydroxyl groups is 1. The standard InChI is InChI=1S/C14H16N2O6S/c1-2-22-14(19)10-6-9(10)8-3-4-11(12(17)5-8)16-7-13(18)15-23(16,20)21/h3-5,7,9-10,15,17-18H,2,6H2,1H3/t9-,10+/m0/s1. The SMILES string of the molecule is CCOC(=O)[C@@H]1C[C@H]1c1ccc(N2C=C(O)NS2(=O)=O)c(O)c1. The lowest BCUT2D eigenvalue weighted by atomic mass is 10.1. The summed E-state index contributed by atoms with van der Waals surface area (Å²) in [5.41, 5.74) is 0.751. The number of anilines is 1. The van der Waals surface area contributed by atoms with Gasteiger partial charge in [-0.05, 0) is 37.0 Å². The van der Waals surface area contributed by atoms with Crippen LogP contribution >= 0.6 is 0 Å². The Hall–Kier alpha value is -2.42. The first-order valence-corrected chi connectivity index (χ1v) is 8.50. The fourth-order valence-corrected chi connectivity index (χ4v) is 3.69. The maximum absolute atomic E-state index is 11.8. The zero-order chi connectivity index (χ0) is 16.8. The highest BCUT2D eigenvalue weighted by Crippen LogP contribution is 2.49. The molecule has 1 aliphatic carbocycles. The summed E-state index contributed by atoms with van der Waals surface area (Å²) in [5.74, 6) is -1.31. The van der Waals surface area contributed by atoms with Crippen LogP contribution in [-0.4, -0.2) is 31.2 Å². The van der Waals surface area contributed by atoms with E-state index in [9.17, 15) is 23.4 Å². The molecule has 0 amide bonds. The van der Waals surface area contributed by atoms with Crippen molar-refractivity contribution in [3.05, 3.63) is 35.8 Å². The van der Waals surface area contributed by atoms with Gasteiger partial charge in [-0.3, -0.25) is 4.79 Å². The summed E-state index contributed by atoms with van der Waals surface area (Å²) < 4.78 is 31.2. The Balaban J connectivity index is 1.82. The van der Waals surface area contributed by atoms with E-state index in [1.54, 1.807) is 13.0 Å². The number of aliphatic hydroxyl groups excluding tert-OH is 1. The number of carbonyl (C=O) groups excluding carboxylic acids is 1. The molecule has 2 aliphatic rings. The fourth-order valence-electron chi connectivity index (χ4n) is 2.62. The molecule has 9 heteroatoms. The molecule has 1 aliphatic heterocycles. The molecule has 0 unspecified atom stereocenters. The first-order chi connectivity index (χ1) is 10.8. The number of esters is 1. The maximum atomic E-state index is 11.8. The number of ether oxygens (including phenoxy) is 1. The Labute approximate surface area is 133 Å². The number of aromatic hydroxyl groups is 1. The molecule has 3 rings (SSSR count). The smallest absolute Gasteiger partial charge is 0.330 e. The Morgan fingerprint density at radius 3 is 2.74 bits per heavy atom. The molecule has 0 bridgehead atoms. The van der Waals surface area contributed by atoms with Crippen molar-refractivity contribution in [2.24, 2.45) is 5.92 Å². The topological polar surface area (TPSA) is 116 Å². The van der Waals surface area contributed by atoms with Crippen LogP contribution < -0.4 is 9.03 Å². The second kappa shape index (κ2) is 5.34. The minimum Gasteiger partial charge on any atom is -0.506 e. The molecule has 23 heavy (non-hydrogen) atoms. The number of nitrogens with one attached hydrogen (secondary N) is 1. The molecule has 0 spiro atoms. The molecule has 0 saturated heterocycles. The molecule has 124 valence electrons. The first kappa shape index (κ1) is 15.5. The van der Waals surface area contributed by atoms with Gasteiger partial charge in [-0.25, -0.2) is 9.03 Å². The van der Waals surface area contributed by atoms with Gasteiger partial charge in [0.2, 0.25) is 5.88 Å². The predicted octanol–water partition coefficient (Wildman–Crippen LogP) is 1.07. The highest BCUT2D eigenvalue weighted by atomic mass is 32.2. The van der Waals surface area contributed by atoms with Crippen molar-refractivity contribution in [3.63, 3.8) is 0 Å². The quantitative estimate of drug-likeness (QED) is 0.706. The van der Waals surface area contributed by atoms with E-state index in [2.05, 4.69) is 0 Å². The van der Waals surface area contributed by atoms with E-state index in [4.69, 9.17) is 4.74 Å². The van der Waals surface area contributed by atoms with Gasteiger partial charge >= 0.3 is 16.2 Å². The molecule has 1 aromatic rings. The summed E-state index contributed by atoms with van der Waals surface area (Å²) in [6.07, 6.45) is 1.60. The van der Waals surface area contributed by atoms with E-state index in [1.165, 1.54) is 12.1 Å². The summed E-state index contributed by atoms with van der Waals surface area (Å²) in [7, 11) is -3.95. The van der Waals surface area contributed by atoms with Gasteiger partial charge in [-0.15, -0.1) is 0 Å². The van der Waals surface area contributed by atoms with Crippen LogP contribution in [0.3, 0.4) is 0 Å². The first-order valence-electron chi connectivity index (χ1n) is 7.06. The molecule has 1 fully saturated rings. The van der Waals surface area contributed by atoms with Gasteiger partial charge in [-0.2, -0.15) is 8.42 Å². The second-order valence-electron chi connectivity index (χ2n) is 5.37. The Morgan fingerprint density at radius 1 is 1.43 bits per heavy atom. The third-order valence-corrected chi connectivity index (χ3v) is 5.06. The Morgan fingerprint density at radius 2 is 2.17 bits per heavy atom. The van der Waals surface area contributed by atoms with Crippen LogP contribution in [-0.2, 0) is 19.7 Å². The predicted molar refractivity (Wildman–Crippen MR) is 80.8 cm³/mol. The van der Waals surface area contributed by atoms with Crippen LogP contribution in [0.5, 0.6) is 5.75 Å². The van der Waals surface area contributed by atoms with E-state index >= 15 is 0 Å². The number of benzene rings is 1. The largest absolute Gasteiger partial charge is 0.506 e.